The minimum atomic E-state index is -1.18. The van der Waals surface area contributed by atoms with E-state index in [0.717, 1.165) is 18.8 Å². The Balaban J connectivity index is 1.66. The highest BCUT2D eigenvalue weighted by Crippen LogP contribution is 2.61. The number of fused-ring (bicyclic) bond motifs is 1. The van der Waals surface area contributed by atoms with Crippen LogP contribution in [0.1, 0.15) is 57.8 Å². The summed E-state index contributed by atoms with van der Waals surface area (Å²) in [5, 5.41) is 20.0. The van der Waals surface area contributed by atoms with Crippen molar-refractivity contribution in [3.05, 3.63) is 0 Å². The lowest BCUT2D eigenvalue weighted by atomic mass is 9.67. The number of carboxylic acid groups (broad SMARTS) is 2. The van der Waals surface area contributed by atoms with Gasteiger partial charge in [0.05, 0.1) is 0 Å². The number of aliphatic carboxylic acids is 2. The lowest BCUT2D eigenvalue weighted by molar-refractivity contribution is -0.143. The Bertz CT molecular complexity index is 422. The zero-order valence-electron chi connectivity index (χ0n) is 12.1. The summed E-state index contributed by atoms with van der Waals surface area (Å²) >= 11 is 0. The molecule has 3 N–H and O–H groups in total. The van der Waals surface area contributed by atoms with E-state index in [2.05, 4.69) is 5.32 Å². The first-order valence-electron chi connectivity index (χ1n) is 7.64. The van der Waals surface area contributed by atoms with Crippen LogP contribution in [0.3, 0.4) is 0 Å². The zero-order chi connectivity index (χ0) is 15.5. The van der Waals surface area contributed by atoms with Crippen molar-refractivity contribution in [1.82, 2.24) is 5.32 Å². The molecule has 3 aliphatic rings. The molecule has 0 aromatic heterocycles. The topological polar surface area (TPSA) is 104 Å². The van der Waals surface area contributed by atoms with E-state index >= 15 is 0 Å². The molecule has 6 nitrogen and oxygen atoms in total. The van der Waals surface area contributed by atoms with Crippen molar-refractivity contribution in [2.24, 2.45) is 11.3 Å². The van der Waals surface area contributed by atoms with Crippen LogP contribution >= 0.6 is 0 Å². The maximum absolute atomic E-state index is 11.8. The molecule has 0 spiro atoms. The van der Waals surface area contributed by atoms with Gasteiger partial charge in [-0.05, 0) is 56.3 Å². The quantitative estimate of drug-likeness (QED) is 0.602. The third-order valence-corrected chi connectivity index (χ3v) is 4.92. The number of amides is 1. The largest absolute Gasteiger partial charge is 0.481 e. The summed E-state index contributed by atoms with van der Waals surface area (Å²) in [6.45, 7) is 0. The Hall–Kier alpha value is -1.59. The van der Waals surface area contributed by atoms with Gasteiger partial charge in [-0.2, -0.15) is 0 Å². The average Bonchev–Trinajstić information content (AvgIpc) is 2.93. The summed E-state index contributed by atoms with van der Waals surface area (Å²) < 4.78 is 0. The second kappa shape index (κ2) is 6.45. The van der Waals surface area contributed by atoms with Crippen molar-refractivity contribution in [2.75, 3.05) is 0 Å². The minimum Gasteiger partial charge on any atom is -0.481 e. The first-order valence-corrected chi connectivity index (χ1v) is 7.64. The van der Waals surface area contributed by atoms with Crippen LogP contribution in [0.25, 0.3) is 0 Å². The molecule has 2 bridgehead atoms. The van der Waals surface area contributed by atoms with Gasteiger partial charge in [0.1, 0.15) is 6.04 Å². The number of hydrogen-bond acceptors (Lipinski definition) is 3. The smallest absolute Gasteiger partial charge is 0.326 e. The van der Waals surface area contributed by atoms with Gasteiger partial charge in [0.15, 0.2) is 0 Å². The Labute approximate surface area is 123 Å². The van der Waals surface area contributed by atoms with Gasteiger partial charge in [0.25, 0.3) is 0 Å². The average molecular weight is 297 g/mol. The highest BCUT2D eigenvalue weighted by molar-refractivity contribution is 5.83. The minimum absolute atomic E-state index is 0.0813. The van der Waals surface area contributed by atoms with Gasteiger partial charge in [0.2, 0.25) is 5.91 Å². The number of rotatable bonds is 9. The van der Waals surface area contributed by atoms with Gasteiger partial charge in [0, 0.05) is 12.8 Å². The van der Waals surface area contributed by atoms with Crippen molar-refractivity contribution in [3.63, 3.8) is 0 Å². The molecule has 0 radical (unpaired) electrons. The zero-order valence-corrected chi connectivity index (χ0v) is 12.1. The highest BCUT2D eigenvalue weighted by atomic mass is 16.4. The van der Waals surface area contributed by atoms with E-state index in [9.17, 15) is 14.4 Å². The molecule has 1 atom stereocenters. The highest BCUT2D eigenvalue weighted by Gasteiger charge is 2.49. The summed E-state index contributed by atoms with van der Waals surface area (Å²) in [7, 11) is 0. The molecule has 0 aliphatic heterocycles. The van der Waals surface area contributed by atoms with Crippen molar-refractivity contribution in [3.8, 4) is 0 Å². The van der Waals surface area contributed by atoms with Crippen LogP contribution in [0.5, 0.6) is 0 Å². The maximum atomic E-state index is 11.8. The number of carboxylic acids is 2. The van der Waals surface area contributed by atoms with Gasteiger partial charge in [-0.3, -0.25) is 9.59 Å². The van der Waals surface area contributed by atoms with Crippen molar-refractivity contribution >= 4 is 17.8 Å². The molecule has 3 fully saturated rings. The van der Waals surface area contributed by atoms with Crippen LogP contribution in [-0.2, 0) is 14.4 Å². The molecule has 3 aliphatic carbocycles. The van der Waals surface area contributed by atoms with Crippen LogP contribution in [-0.4, -0.2) is 34.1 Å². The van der Waals surface area contributed by atoms with Crippen LogP contribution in [0, 0.1) is 11.3 Å². The molecule has 3 rings (SSSR count). The first kappa shape index (κ1) is 15.8. The Morgan fingerprint density at radius 2 is 1.90 bits per heavy atom. The monoisotopic (exact) mass is 297 g/mol. The van der Waals surface area contributed by atoms with E-state index in [1.165, 1.54) is 25.7 Å². The molecule has 21 heavy (non-hydrogen) atoms. The van der Waals surface area contributed by atoms with Crippen LogP contribution in [0.2, 0.25) is 0 Å². The summed E-state index contributed by atoms with van der Waals surface area (Å²) in [6, 6.07) is -1.11. The predicted molar refractivity (Wildman–Crippen MR) is 74.7 cm³/mol. The Morgan fingerprint density at radius 1 is 1.19 bits per heavy atom. The molecule has 118 valence electrons. The molecule has 1 unspecified atom stereocenters. The van der Waals surface area contributed by atoms with Gasteiger partial charge in [-0.1, -0.05) is 0 Å². The fourth-order valence-corrected chi connectivity index (χ4v) is 3.83. The second-order valence-corrected chi connectivity index (χ2v) is 6.56. The van der Waals surface area contributed by atoms with Gasteiger partial charge >= 0.3 is 11.9 Å². The van der Waals surface area contributed by atoms with Crippen molar-refractivity contribution in [2.45, 2.75) is 63.8 Å². The predicted octanol–water partition coefficient (Wildman–Crippen LogP) is 1.78. The third-order valence-electron chi connectivity index (χ3n) is 4.92. The summed E-state index contributed by atoms with van der Waals surface area (Å²) in [6.07, 6.45) is 6.99. The number of carbonyl (C=O) groups is 3. The van der Waals surface area contributed by atoms with E-state index in [4.69, 9.17) is 10.2 Å². The van der Waals surface area contributed by atoms with E-state index in [0.29, 0.717) is 11.8 Å². The molecular formula is C15H23NO5. The third kappa shape index (κ3) is 4.19. The molecule has 1 amide bonds. The fraction of sp³-hybridized carbons (Fsp3) is 0.800. The number of carbonyl (C=O) groups excluding carboxylic acids is 1. The first-order chi connectivity index (χ1) is 9.90. The SMILES string of the molecule is O=C(O)CCC(NC(=O)CCCC12CCC(C1)C2)C(=O)O. The van der Waals surface area contributed by atoms with Crippen LogP contribution in [0.4, 0.5) is 0 Å². The van der Waals surface area contributed by atoms with E-state index in [1.807, 2.05) is 0 Å². The molecule has 0 aromatic carbocycles. The molecule has 3 saturated carbocycles. The van der Waals surface area contributed by atoms with Gasteiger partial charge in [-0.25, -0.2) is 4.79 Å². The standard InChI is InChI=1S/C15H23NO5/c17-12(16-11(14(20)21)3-4-13(18)19)2-1-6-15-7-5-10(8-15)9-15/h10-11H,1-9H2,(H,16,17)(H,18,19)(H,20,21). The number of nitrogens with one attached hydrogen (secondary N) is 1. The molecular weight excluding hydrogens is 274 g/mol. The van der Waals surface area contributed by atoms with E-state index < -0.39 is 18.0 Å². The maximum Gasteiger partial charge on any atom is 0.326 e. The Morgan fingerprint density at radius 3 is 2.43 bits per heavy atom. The molecule has 0 aromatic rings. The van der Waals surface area contributed by atoms with Crippen molar-refractivity contribution in [1.29, 1.82) is 0 Å². The summed E-state index contributed by atoms with van der Waals surface area (Å²) in [4.78, 5) is 33.2. The summed E-state index contributed by atoms with van der Waals surface area (Å²) in [5.74, 6) is -1.62. The number of hydrogen-bond donors (Lipinski definition) is 3. The summed E-state index contributed by atoms with van der Waals surface area (Å²) in [5.41, 5.74) is 0.473. The molecule has 6 heteroatoms. The molecule has 0 saturated heterocycles. The van der Waals surface area contributed by atoms with Crippen LogP contribution in [0.15, 0.2) is 0 Å². The normalized spacial score (nSPS) is 27.7. The van der Waals surface area contributed by atoms with Crippen LogP contribution < -0.4 is 5.32 Å². The lowest BCUT2D eigenvalue weighted by Gasteiger charge is -2.38. The Kier molecular flexibility index (Phi) is 4.85. The molecule has 0 heterocycles. The van der Waals surface area contributed by atoms with E-state index in [1.54, 1.807) is 0 Å². The van der Waals surface area contributed by atoms with Gasteiger partial charge in [-0.15, -0.1) is 0 Å². The lowest BCUT2D eigenvalue weighted by Crippen LogP contribution is -2.41. The fourth-order valence-electron chi connectivity index (χ4n) is 3.83. The van der Waals surface area contributed by atoms with Crippen molar-refractivity contribution < 1.29 is 24.6 Å². The van der Waals surface area contributed by atoms with E-state index in [-0.39, 0.29) is 18.7 Å². The second-order valence-electron chi connectivity index (χ2n) is 6.56. The van der Waals surface area contributed by atoms with Gasteiger partial charge < -0.3 is 15.5 Å².